The maximum atomic E-state index is 11.9. The minimum absolute atomic E-state index is 0.0912. The Morgan fingerprint density at radius 2 is 1.88 bits per heavy atom. The van der Waals surface area contributed by atoms with Crippen LogP contribution in [0, 0.1) is 5.41 Å². The van der Waals surface area contributed by atoms with Gasteiger partial charge in [-0.05, 0) is 30.5 Å². The van der Waals surface area contributed by atoms with Crippen LogP contribution in [-0.4, -0.2) is 18.3 Å². The van der Waals surface area contributed by atoms with E-state index in [1.165, 1.54) is 12.1 Å². The minimum Gasteiger partial charge on any atom is -0.435 e. The van der Waals surface area contributed by atoms with E-state index in [1.807, 2.05) is 0 Å². The van der Waals surface area contributed by atoms with E-state index in [9.17, 15) is 13.9 Å². The molecule has 0 bridgehead atoms. The van der Waals surface area contributed by atoms with Gasteiger partial charge in [0.25, 0.3) is 0 Å². The Morgan fingerprint density at radius 1 is 1.29 bits per heavy atom. The number of ether oxygens (including phenoxy) is 1. The zero-order chi connectivity index (χ0) is 12.5. The summed E-state index contributed by atoms with van der Waals surface area (Å²) in [4.78, 5) is 0. The highest BCUT2D eigenvalue weighted by Gasteiger charge is 2.48. The monoisotopic (exact) mass is 243 g/mol. The predicted octanol–water partition coefficient (Wildman–Crippen LogP) is 2.06. The van der Waals surface area contributed by atoms with Crippen LogP contribution in [0.25, 0.3) is 0 Å². The summed E-state index contributed by atoms with van der Waals surface area (Å²) in [5.41, 5.74) is 6.09. The number of aliphatic hydroxyl groups excluding tert-OH is 1. The van der Waals surface area contributed by atoms with E-state index < -0.39 is 12.7 Å². The Balaban J connectivity index is 2.07. The molecule has 1 unspecified atom stereocenters. The summed E-state index contributed by atoms with van der Waals surface area (Å²) < 4.78 is 28.1. The lowest BCUT2D eigenvalue weighted by atomic mass is 9.93. The molecule has 1 aliphatic carbocycles. The van der Waals surface area contributed by atoms with Gasteiger partial charge >= 0.3 is 6.61 Å². The molecule has 1 aliphatic rings. The number of rotatable bonds is 5. The van der Waals surface area contributed by atoms with Crippen molar-refractivity contribution < 1.29 is 18.6 Å². The van der Waals surface area contributed by atoms with Gasteiger partial charge in [0.2, 0.25) is 0 Å². The van der Waals surface area contributed by atoms with Gasteiger partial charge in [0.15, 0.2) is 0 Å². The molecule has 0 radical (unpaired) electrons. The second-order valence-electron chi connectivity index (χ2n) is 4.42. The van der Waals surface area contributed by atoms with Crippen LogP contribution in [0.1, 0.15) is 24.5 Å². The van der Waals surface area contributed by atoms with Gasteiger partial charge in [0.1, 0.15) is 5.75 Å². The van der Waals surface area contributed by atoms with Gasteiger partial charge in [-0.3, -0.25) is 0 Å². The first-order chi connectivity index (χ1) is 8.07. The topological polar surface area (TPSA) is 55.5 Å². The van der Waals surface area contributed by atoms with Crippen LogP contribution in [0.5, 0.6) is 5.75 Å². The predicted molar refractivity (Wildman–Crippen MR) is 58.8 cm³/mol. The number of hydrogen-bond donors (Lipinski definition) is 2. The lowest BCUT2D eigenvalue weighted by Gasteiger charge is -2.20. The van der Waals surface area contributed by atoms with E-state index in [2.05, 4.69) is 4.74 Å². The summed E-state index contributed by atoms with van der Waals surface area (Å²) in [6.07, 6.45) is 1.17. The first-order valence-electron chi connectivity index (χ1n) is 5.50. The second-order valence-corrected chi connectivity index (χ2v) is 4.42. The van der Waals surface area contributed by atoms with Crippen LogP contribution in [0.3, 0.4) is 0 Å². The van der Waals surface area contributed by atoms with Gasteiger partial charge in [-0.1, -0.05) is 12.1 Å². The van der Waals surface area contributed by atoms with Crippen LogP contribution in [0.4, 0.5) is 8.78 Å². The largest absolute Gasteiger partial charge is 0.435 e. The zero-order valence-corrected chi connectivity index (χ0v) is 9.27. The molecule has 5 heteroatoms. The van der Waals surface area contributed by atoms with Gasteiger partial charge < -0.3 is 15.6 Å². The molecular formula is C12H15F2NO2. The third-order valence-electron chi connectivity index (χ3n) is 3.30. The fourth-order valence-electron chi connectivity index (χ4n) is 1.93. The van der Waals surface area contributed by atoms with Crippen LogP contribution in [-0.2, 0) is 0 Å². The van der Waals surface area contributed by atoms with E-state index in [-0.39, 0.29) is 11.2 Å². The average molecular weight is 243 g/mol. The molecule has 0 amide bonds. The SMILES string of the molecule is NCC1(C(O)c2ccc(OC(F)F)cc2)CC1. The quantitative estimate of drug-likeness (QED) is 0.832. The molecule has 3 N–H and O–H groups in total. The third kappa shape index (κ3) is 2.56. The molecule has 2 rings (SSSR count). The van der Waals surface area contributed by atoms with E-state index in [0.29, 0.717) is 12.1 Å². The van der Waals surface area contributed by atoms with Crippen molar-refractivity contribution >= 4 is 0 Å². The zero-order valence-electron chi connectivity index (χ0n) is 9.27. The molecule has 17 heavy (non-hydrogen) atoms. The fourth-order valence-corrected chi connectivity index (χ4v) is 1.93. The minimum atomic E-state index is -2.83. The van der Waals surface area contributed by atoms with Crippen molar-refractivity contribution in [3.8, 4) is 5.75 Å². The Labute approximate surface area is 98.2 Å². The summed E-state index contributed by atoms with van der Waals surface area (Å²) >= 11 is 0. The first-order valence-corrected chi connectivity index (χ1v) is 5.50. The van der Waals surface area contributed by atoms with E-state index in [0.717, 1.165) is 12.8 Å². The number of halogens is 2. The van der Waals surface area contributed by atoms with E-state index in [1.54, 1.807) is 12.1 Å². The molecule has 0 saturated heterocycles. The van der Waals surface area contributed by atoms with Crippen LogP contribution in [0.15, 0.2) is 24.3 Å². The average Bonchev–Trinajstić information content (AvgIpc) is 3.09. The van der Waals surface area contributed by atoms with Crippen molar-refractivity contribution in [1.82, 2.24) is 0 Å². The maximum Gasteiger partial charge on any atom is 0.387 e. The number of alkyl halides is 2. The van der Waals surface area contributed by atoms with Gasteiger partial charge in [-0.25, -0.2) is 0 Å². The Bertz CT molecular complexity index is 377. The fraction of sp³-hybridized carbons (Fsp3) is 0.500. The van der Waals surface area contributed by atoms with E-state index in [4.69, 9.17) is 5.73 Å². The first kappa shape index (κ1) is 12.3. The smallest absolute Gasteiger partial charge is 0.387 e. The van der Waals surface area contributed by atoms with E-state index >= 15 is 0 Å². The molecule has 3 nitrogen and oxygen atoms in total. The van der Waals surface area contributed by atoms with Crippen LogP contribution in [0.2, 0.25) is 0 Å². The van der Waals surface area contributed by atoms with Gasteiger partial charge in [-0.15, -0.1) is 0 Å². The van der Waals surface area contributed by atoms with Crippen molar-refractivity contribution in [3.63, 3.8) is 0 Å². The van der Waals surface area contributed by atoms with Crippen molar-refractivity contribution in [2.75, 3.05) is 6.54 Å². The van der Waals surface area contributed by atoms with Gasteiger partial charge in [-0.2, -0.15) is 8.78 Å². The summed E-state index contributed by atoms with van der Waals surface area (Å²) in [5.74, 6) is 0.0912. The highest BCUT2D eigenvalue weighted by Crippen LogP contribution is 2.54. The molecule has 1 atom stereocenters. The summed E-state index contributed by atoms with van der Waals surface area (Å²) in [5, 5.41) is 10.1. The standard InChI is InChI=1S/C12H15F2NO2/c13-11(14)17-9-3-1-8(2-4-9)10(16)12(7-15)5-6-12/h1-4,10-11,16H,5-7,15H2. The molecule has 0 aliphatic heterocycles. The molecule has 1 fully saturated rings. The normalized spacial score (nSPS) is 19.1. The molecule has 0 spiro atoms. The van der Waals surface area contributed by atoms with Crippen LogP contribution >= 0.6 is 0 Å². The lowest BCUT2D eigenvalue weighted by molar-refractivity contribution is -0.0498. The molecular weight excluding hydrogens is 228 g/mol. The molecule has 0 heterocycles. The maximum absolute atomic E-state index is 11.9. The van der Waals surface area contributed by atoms with Crippen molar-refractivity contribution in [3.05, 3.63) is 29.8 Å². The lowest BCUT2D eigenvalue weighted by Crippen LogP contribution is -2.23. The molecule has 1 aromatic rings. The number of nitrogens with two attached hydrogens (primary N) is 1. The van der Waals surface area contributed by atoms with Crippen LogP contribution < -0.4 is 10.5 Å². The molecule has 1 saturated carbocycles. The van der Waals surface area contributed by atoms with Gasteiger partial charge in [0.05, 0.1) is 6.10 Å². The Morgan fingerprint density at radius 3 is 2.29 bits per heavy atom. The summed E-state index contributed by atoms with van der Waals surface area (Å²) in [6.45, 7) is -2.40. The van der Waals surface area contributed by atoms with Crippen molar-refractivity contribution in [2.45, 2.75) is 25.6 Å². The van der Waals surface area contributed by atoms with Crippen molar-refractivity contribution in [1.29, 1.82) is 0 Å². The number of benzene rings is 1. The molecule has 1 aromatic carbocycles. The second kappa shape index (κ2) is 4.58. The number of hydrogen-bond acceptors (Lipinski definition) is 3. The number of aliphatic hydroxyl groups is 1. The highest BCUT2D eigenvalue weighted by atomic mass is 19.3. The Kier molecular flexibility index (Phi) is 3.31. The summed E-state index contributed by atoms with van der Waals surface area (Å²) in [6, 6.07) is 6.05. The molecule has 0 aromatic heterocycles. The van der Waals surface area contributed by atoms with Crippen molar-refractivity contribution in [2.24, 2.45) is 11.1 Å². The third-order valence-corrected chi connectivity index (χ3v) is 3.30. The summed E-state index contributed by atoms with van der Waals surface area (Å²) in [7, 11) is 0. The Hall–Kier alpha value is -1.20. The van der Waals surface area contributed by atoms with Gasteiger partial charge in [0, 0.05) is 12.0 Å². The molecule has 94 valence electrons. The highest BCUT2D eigenvalue weighted by molar-refractivity contribution is 5.30.